The van der Waals surface area contributed by atoms with Crippen molar-refractivity contribution in [2.75, 3.05) is 33.4 Å². The van der Waals surface area contributed by atoms with E-state index in [1.807, 2.05) is 30.5 Å². The van der Waals surface area contributed by atoms with E-state index in [-0.39, 0.29) is 0 Å². The van der Waals surface area contributed by atoms with Crippen LogP contribution in [0.1, 0.15) is 24.8 Å². The number of benzene rings is 2. The van der Waals surface area contributed by atoms with Crippen molar-refractivity contribution in [1.29, 1.82) is 0 Å². The quantitative estimate of drug-likeness (QED) is 0.503. The maximum Gasteiger partial charge on any atom is 0.130 e. The third-order valence-electron chi connectivity index (χ3n) is 5.87. The molecule has 1 saturated heterocycles. The number of ether oxygens (including phenoxy) is 2. The highest BCUT2D eigenvalue weighted by Crippen LogP contribution is 2.28. The third-order valence-corrected chi connectivity index (χ3v) is 5.87. The minimum atomic E-state index is 0.738. The lowest BCUT2D eigenvalue weighted by molar-refractivity contribution is 0.175. The van der Waals surface area contributed by atoms with E-state index in [1.54, 1.807) is 7.11 Å². The number of likely N-dealkylation sites (tertiary alicyclic amines) is 1. The molecule has 0 amide bonds. The Balaban J connectivity index is 1.22. The molecule has 1 aliphatic heterocycles. The van der Waals surface area contributed by atoms with Crippen LogP contribution in [0.5, 0.6) is 11.5 Å². The summed E-state index contributed by atoms with van der Waals surface area (Å²) in [6, 6.07) is 18.4. The highest BCUT2D eigenvalue weighted by molar-refractivity contribution is 5.86. The summed E-state index contributed by atoms with van der Waals surface area (Å²) in [5.74, 6) is 2.46. The summed E-state index contributed by atoms with van der Waals surface area (Å²) < 4.78 is 11.5. The molecule has 2 aromatic carbocycles. The number of fused-ring (bicyclic) bond motifs is 1. The lowest BCUT2D eigenvalue weighted by atomic mass is 9.94. The van der Waals surface area contributed by atoms with Crippen LogP contribution in [0.4, 0.5) is 0 Å². The number of methoxy groups -OCH3 is 1. The molecule has 0 unspecified atom stereocenters. The number of piperidine rings is 1. The van der Waals surface area contributed by atoms with Gasteiger partial charge in [0.1, 0.15) is 11.5 Å². The molecule has 4 nitrogen and oxygen atoms in total. The first-order valence-electron chi connectivity index (χ1n) is 10.8. The van der Waals surface area contributed by atoms with Crippen molar-refractivity contribution in [3.8, 4) is 11.5 Å². The Morgan fingerprint density at radius 3 is 2.70 bits per heavy atom. The van der Waals surface area contributed by atoms with Crippen molar-refractivity contribution >= 4 is 17.0 Å². The molecule has 0 atom stereocenters. The monoisotopic (exact) mass is 402 g/mol. The molecule has 0 spiro atoms. The maximum absolute atomic E-state index is 6.14. The van der Waals surface area contributed by atoms with Crippen LogP contribution in [-0.4, -0.2) is 43.2 Å². The number of rotatable bonds is 8. The molecule has 3 aromatic rings. The minimum absolute atomic E-state index is 0.738. The SMILES string of the molecule is COc1ccc2nccc(OCCC3CCN(CC=Cc4ccccc4)CC3)c2c1. The Bertz CT molecular complexity index is 963. The highest BCUT2D eigenvalue weighted by Gasteiger charge is 2.18. The molecule has 30 heavy (non-hydrogen) atoms. The summed E-state index contributed by atoms with van der Waals surface area (Å²) in [5, 5.41) is 1.01. The van der Waals surface area contributed by atoms with Gasteiger partial charge in [-0.25, -0.2) is 0 Å². The van der Waals surface area contributed by atoms with Crippen molar-refractivity contribution in [2.24, 2.45) is 5.92 Å². The Labute approximate surface area is 179 Å². The summed E-state index contributed by atoms with van der Waals surface area (Å²) in [5.41, 5.74) is 2.20. The smallest absolute Gasteiger partial charge is 0.130 e. The molecule has 4 rings (SSSR count). The van der Waals surface area contributed by atoms with Gasteiger partial charge in [-0.05, 0) is 68.1 Å². The summed E-state index contributed by atoms with van der Waals surface area (Å²) >= 11 is 0. The van der Waals surface area contributed by atoms with Gasteiger partial charge in [-0.1, -0.05) is 42.5 Å². The van der Waals surface area contributed by atoms with E-state index in [0.717, 1.165) is 47.9 Å². The number of hydrogen-bond acceptors (Lipinski definition) is 4. The summed E-state index contributed by atoms with van der Waals surface area (Å²) in [4.78, 5) is 6.96. The van der Waals surface area contributed by atoms with E-state index in [0.29, 0.717) is 0 Å². The Morgan fingerprint density at radius 1 is 1.07 bits per heavy atom. The van der Waals surface area contributed by atoms with Gasteiger partial charge in [0.05, 0.1) is 19.2 Å². The molecule has 1 fully saturated rings. The first-order chi connectivity index (χ1) is 14.8. The number of pyridine rings is 1. The molecule has 0 N–H and O–H groups in total. The average molecular weight is 403 g/mol. The molecule has 4 heteroatoms. The first-order valence-corrected chi connectivity index (χ1v) is 10.8. The van der Waals surface area contributed by atoms with Gasteiger partial charge in [-0.15, -0.1) is 0 Å². The van der Waals surface area contributed by atoms with Crippen LogP contribution in [0.2, 0.25) is 0 Å². The zero-order valence-corrected chi connectivity index (χ0v) is 17.7. The second-order valence-electron chi connectivity index (χ2n) is 7.89. The van der Waals surface area contributed by atoms with Gasteiger partial charge in [0, 0.05) is 18.1 Å². The van der Waals surface area contributed by atoms with Crippen LogP contribution in [0, 0.1) is 5.92 Å². The van der Waals surface area contributed by atoms with Gasteiger partial charge >= 0.3 is 0 Å². The minimum Gasteiger partial charge on any atom is -0.497 e. The van der Waals surface area contributed by atoms with E-state index in [2.05, 4.69) is 52.4 Å². The Kier molecular flexibility index (Phi) is 6.99. The number of hydrogen-bond donors (Lipinski definition) is 0. The lowest BCUT2D eigenvalue weighted by Crippen LogP contribution is -2.34. The Hall–Kier alpha value is -2.85. The molecule has 2 heterocycles. The predicted octanol–water partition coefficient (Wildman–Crippen LogP) is 5.44. The second-order valence-corrected chi connectivity index (χ2v) is 7.89. The summed E-state index contributed by atoms with van der Waals surface area (Å²) in [7, 11) is 1.68. The third kappa shape index (κ3) is 5.39. The van der Waals surface area contributed by atoms with Gasteiger partial charge in [0.15, 0.2) is 0 Å². The van der Waals surface area contributed by atoms with Gasteiger partial charge < -0.3 is 9.47 Å². The van der Waals surface area contributed by atoms with Crippen LogP contribution >= 0.6 is 0 Å². The lowest BCUT2D eigenvalue weighted by Gasteiger charge is -2.31. The predicted molar refractivity (Wildman–Crippen MR) is 123 cm³/mol. The summed E-state index contributed by atoms with van der Waals surface area (Å²) in [6.07, 6.45) is 9.89. The van der Waals surface area contributed by atoms with Gasteiger partial charge in [0.2, 0.25) is 0 Å². The van der Waals surface area contributed by atoms with E-state index >= 15 is 0 Å². The molecular weight excluding hydrogens is 372 g/mol. The van der Waals surface area contributed by atoms with Crippen molar-refractivity contribution < 1.29 is 9.47 Å². The fourth-order valence-corrected chi connectivity index (χ4v) is 4.05. The van der Waals surface area contributed by atoms with E-state index < -0.39 is 0 Å². The standard InChI is InChI=1S/C26H30N2O2/c1-29-23-9-10-25-24(20-23)26(11-15-27-25)30-19-14-22-12-17-28(18-13-22)16-5-8-21-6-3-2-4-7-21/h2-11,15,20,22H,12-14,16-19H2,1H3. The van der Waals surface area contributed by atoms with Crippen LogP contribution in [-0.2, 0) is 0 Å². The molecule has 1 aromatic heterocycles. The molecular formula is C26H30N2O2. The fraction of sp³-hybridized carbons (Fsp3) is 0.346. The molecule has 0 aliphatic carbocycles. The van der Waals surface area contributed by atoms with Gasteiger partial charge in [0.25, 0.3) is 0 Å². The van der Waals surface area contributed by atoms with E-state index in [1.165, 1.54) is 31.5 Å². The largest absolute Gasteiger partial charge is 0.497 e. The molecule has 1 aliphatic rings. The van der Waals surface area contributed by atoms with Crippen LogP contribution in [0.15, 0.2) is 66.9 Å². The second kappa shape index (κ2) is 10.3. The highest BCUT2D eigenvalue weighted by atomic mass is 16.5. The number of nitrogens with zero attached hydrogens (tertiary/aromatic N) is 2. The zero-order valence-electron chi connectivity index (χ0n) is 17.7. The van der Waals surface area contributed by atoms with Gasteiger partial charge in [-0.2, -0.15) is 0 Å². The molecule has 0 radical (unpaired) electrons. The number of aromatic nitrogens is 1. The summed E-state index contributed by atoms with van der Waals surface area (Å²) in [6.45, 7) is 4.11. The molecule has 156 valence electrons. The van der Waals surface area contributed by atoms with Crippen molar-refractivity contribution in [3.63, 3.8) is 0 Å². The van der Waals surface area contributed by atoms with E-state index in [9.17, 15) is 0 Å². The topological polar surface area (TPSA) is 34.6 Å². The van der Waals surface area contributed by atoms with Crippen molar-refractivity contribution in [3.05, 3.63) is 72.4 Å². The molecule has 0 bridgehead atoms. The van der Waals surface area contributed by atoms with Crippen LogP contribution in [0.3, 0.4) is 0 Å². The Morgan fingerprint density at radius 2 is 1.90 bits per heavy atom. The fourth-order valence-electron chi connectivity index (χ4n) is 4.05. The van der Waals surface area contributed by atoms with Crippen LogP contribution < -0.4 is 9.47 Å². The maximum atomic E-state index is 6.14. The molecule has 0 saturated carbocycles. The van der Waals surface area contributed by atoms with Crippen LogP contribution in [0.25, 0.3) is 17.0 Å². The average Bonchev–Trinajstić information content (AvgIpc) is 2.80. The van der Waals surface area contributed by atoms with E-state index in [4.69, 9.17) is 9.47 Å². The first kappa shape index (κ1) is 20.4. The van der Waals surface area contributed by atoms with Crippen molar-refractivity contribution in [1.82, 2.24) is 9.88 Å². The normalized spacial score (nSPS) is 15.6. The zero-order chi connectivity index (χ0) is 20.6. The van der Waals surface area contributed by atoms with Gasteiger partial charge in [-0.3, -0.25) is 9.88 Å². The van der Waals surface area contributed by atoms with Crippen molar-refractivity contribution in [2.45, 2.75) is 19.3 Å².